The lowest BCUT2D eigenvalue weighted by atomic mass is 10.2. The number of imidazole rings is 1. The van der Waals surface area contributed by atoms with Gasteiger partial charge in [-0.25, -0.2) is 4.98 Å². The maximum Gasteiger partial charge on any atom is 0.0948 e. The van der Waals surface area contributed by atoms with E-state index in [2.05, 4.69) is 33.6 Å². The smallest absolute Gasteiger partial charge is 0.0948 e. The second kappa shape index (κ2) is 8.39. The quantitative estimate of drug-likeness (QED) is 0.780. The molecule has 1 aromatic heterocycles. The molecule has 0 aliphatic carbocycles. The summed E-state index contributed by atoms with van der Waals surface area (Å²) in [7, 11) is 0. The number of hydrogen-bond donors (Lipinski definition) is 1. The molecule has 0 amide bonds. The Bertz CT molecular complexity index is 372. The van der Waals surface area contributed by atoms with Crippen LogP contribution in [0.1, 0.15) is 26.0 Å². The number of aryl methyl sites for hydroxylation is 1. The SMILES string of the molecule is CC(C)CNCc1cncn1CCCN1CCOCC1. The van der Waals surface area contributed by atoms with Crippen LogP contribution in [-0.2, 0) is 17.8 Å². The number of aromatic nitrogens is 2. The molecule has 1 aliphatic heterocycles. The monoisotopic (exact) mass is 280 g/mol. The Morgan fingerprint density at radius 3 is 2.85 bits per heavy atom. The maximum absolute atomic E-state index is 5.37. The van der Waals surface area contributed by atoms with Gasteiger partial charge in [-0.2, -0.15) is 0 Å². The second-order valence-electron chi connectivity index (χ2n) is 5.91. The minimum atomic E-state index is 0.688. The molecular formula is C15H28N4O. The van der Waals surface area contributed by atoms with Gasteiger partial charge in [0.25, 0.3) is 0 Å². The van der Waals surface area contributed by atoms with E-state index in [1.54, 1.807) is 0 Å². The van der Waals surface area contributed by atoms with Gasteiger partial charge in [-0.1, -0.05) is 13.8 Å². The highest BCUT2D eigenvalue weighted by Gasteiger charge is 2.10. The van der Waals surface area contributed by atoms with Gasteiger partial charge in [-0.3, -0.25) is 4.90 Å². The molecule has 1 saturated heterocycles. The Labute approximate surface area is 122 Å². The third-order valence-electron chi connectivity index (χ3n) is 3.63. The fourth-order valence-corrected chi connectivity index (χ4v) is 2.48. The molecule has 1 aliphatic rings. The third-order valence-corrected chi connectivity index (χ3v) is 3.63. The zero-order valence-corrected chi connectivity index (χ0v) is 12.8. The standard InChI is InChI=1S/C15H28N4O/c1-14(2)10-16-11-15-12-17-13-19(15)5-3-4-18-6-8-20-9-7-18/h12-14,16H,3-11H2,1-2H3. The van der Waals surface area contributed by atoms with Crippen LogP contribution in [0, 0.1) is 5.92 Å². The zero-order chi connectivity index (χ0) is 14.2. The molecule has 5 heteroatoms. The summed E-state index contributed by atoms with van der Waals surface area (Å²) in [6.45, 7) is 12.6. The van der Waals surface area contributed by atoms with Crippen molar-refractivity contribution in [2.75, 3.05) is 39.4 Å². The number of nitrogens with one attached hydrogen (secondary N) is 1. The Hall–Kier alpha value is -0.910. The second-order valence-corrected chi connectivity index (χ2v) is 5.91. The Kier molecular flexibility index (Phi) is 6.50. The summed E-state index contributed by atoms with van der Waals surface area (Å²) < 4.78 is 7.64. The van der Waals surface area contributed by atoms with E-state index in [1.807, 2.05) is 12.5 Å². The lowest BCUT2D eigenvalue weighted by molar-refractivity contribution is 0.0369. The van der Waals surface area contributed by atoms with Crippen molar-refractivity contribution in [2.45, 2.75) is 33.4 Å². The number of nitrogens with zero attached hydrogens (tertiary/aromatic N) is 3. The molecule has 0 atom stereocenters. The van der Waals surface area contributed by atoms with E-state index >= 15 is 0 Å². The molecule has 0 aromatic carbocycles. The van der Waals surface area contributed by atoms with Crippen LogP contribution in [0.15, 0.2) is 12.5 Å². The highest BCUT2D eigenvalue weighted by Crippen LogP contribution is 2.04. The van der Waals surface area contributed by atoms with E-state index in [9.17, 15) is 0 Å². The van der Waals surface area contributed by atoms with E-state index < -0.39 is 0 Å². The molecule has 5 nitrogen and oxygen atoms in total. The Balaban J connectivity index is 1.68. The first-order valence-corrected chi connectivity index (χ1v) is 7.75. The fourth-order valence-electron chi connectivity index (χ4n) is 2.48. The van der Waals surface area contributed by atoms with E-state index in [-0.39, 0.29) is 0 Å². The van der Waals surface area contributed by atoms with Crippen molar-refractivity contribution < 1.29 is 4.74 Å². The van der Waals surface area contributed by atoms with Gasteiger partial charge in [0.2, 0.25) is 0 Å². The third kappa shape index (κ3) is 5.23. The molecule has 1 N–H and O–H groups in total. The van der Waals surface area contributed by atoms with E-state index in [0.29, 0.717) is 5.92 Å². The summed E-state index contributed by atoms with van der Waals surface area (Å²) in [5.74, 6) is 0.688. The van der Waals surface area contributed by atoms with Gasteiger partial charge in [0.05, 0.1) is 25.2 Å². The van der Waals surface area contributed by atoms with Crippen LogP contribution in [0.4, 0.5) is 0 Å². The van der Waals surface area contributed by atoms with E-state index in [1.165, 1.54) is 12.1 Å². The molecule has 114 valence electrons. The molecule has 0 spiro atoms. The average molecular weight is 280 g/mol. The highest BCUT2D eigenvalue weighted by molar-refractivity contribution is 4.97. The first-order chi connectivity index (χ1) is 9.75. The molecule has 20 heavy (non-hydrogen) atoms. The summed E-state index contributed by atoms with van der Waals surface area (Å²) in [5, 5.41) is 3.48. The topological polar surface area (TPSA) is 42.3 Å². The van der Waals surface area contributed by atoms with Crippen molar-refractivity contribution >= 4 is 0 Å². The zero-order valence-electron chi connectivity index (χ0n) is 12.8. The largest absolute Gasteiger partial charge is 0.379 e. The van der Waals surface area contributed by atoms with Crippen molar-refractivity contribution in [3.05, 3.63) is 18.2 Å². The van der Waals surface area contributed by atoms with Gasteiger partial charge in [-0.05, 0) is 18.9 Å². The summed E-state index contributed by atoms with van der Waals surface area (Å²) in [5.41, 5.74) is 1.28. The minimum Gasteiger partial charge on any atom is -0.379 e. The van der Waals surface area contributed by atoms with Gasteiger partial charge < -0.3 is 14.6 Å². The molecule has 1 fully saturated rings. The molecular weight excluding hydrogens is 252 g/mol. The molecule has 2 heterocycles. The van der Waals surface area contributed by atoms with Crippen LogP contribution >= 0.6 is 0 Å². The van der Waals surface area contributed by atoms with Crippen molar-refractivity contribution in [1.82, 2.24) is 19.8 Å². The van der Waals surface area contributed by atoms with Gasteiger partial charge >= 0.3 is 0 Å². The van der Waals surface area contributed by atoms with Crippen molar-refractivity contribution in [2.24, 2.45) is 5.92 Å². The van der Waals surface area contributed by atoms with Crippen LogP contribution in [0.25, 0.3) is 0 Å². The lowest BCUT2D eigenvalue weighted by Crippen LogP contribution is -2.37. The van der Waals surface area contributed by atoms with Crippen LogP contribution in [0.2, 0.25) is 0 Å². The number of ether oxygens (including phenoxy) is 1. The Morgan fingerprint density at radius 1 is 1.30 bits per heavy atom. The Morgan fingerprint density at radius 2 is 2.10 bits per heavy atom. The predicted octanol–water partition coefficient (Wildman–Crippen LogP) is 1.35. The number of hydrogen-bond acceptors (Lipinski definition) is 4. The summed E-state index contributed by atoms with van der Waals surface area (Å²) in [6.07, 6.45) is 5.10. The first-order valence-electron chi connectivity index (χ1n) is 7.75. The lowest BCUT2D eigenvalue weighted by Gasteiger charge is -2.26. The molecule has 0 radical (unpaired) electrons. The predicted molar refractivity (Wildman–Crippen MR) is 80.6 cm³/mol. The highest BCUT2D eigenvalue weighted by atomic mass is 16.5. The average Bonchev–Trinajstić information content (AvgIpc) is 2.87. The van der Waals surface area contributed by atoms with Crippen LogP contribution in [0.5, 0.6) is 0 Å². The first kappa shape index (κ1) is 15.5. The van der Waals surface area contributed by atoms with E-state index in [0.717, 1.165) is 52.5 Å². The van der Waals surface area contributed by atoms with Crippen LogP contribution in [-0.4, -0.2) is 53.8 Å². The maximum atomic E-state index is 5.37. The molecule has 2 rings (SSSR count). The van der Waals surface area contributed by atoms with Gasteiger partial charge in [0.15, 0.2) is 0 Å². The van der Waals surface area contributed by atoms with Crippen LogP contribution < -0.4 is 5.32 Å². The van der Waals surface area contributed by atoms with Crippen LogP contribution in [0.3, 0.4) is 0 Å². The van der Waals surface area contributed by atoms with Crippen molar-refractivity contribution in [3.63, 3.8) is 0 Å². The number of rotatable bonds is 8. The van der Waals surface area contributed by atoms with Crippen molar-refractivity contribution in [3.8, 4) is 0 Å². The molecule has 0 unspecified atom stereocenters. The normalized spacial score (nSPS) is 16.9. The van der Waals surface area contributed by atoms with Gasteiger partial charge in [0, 0.05) is 38.9 Å². The van der Waals surface area contributed by atoms with Crippen molar-refractivity contribution in [1.29, 1.82) is 0 Å². The summed E-state index contributed by atoms with van der Waals surface area (Å²) >= 11 is 0. The molecule has 1 aromatic rings. The number of morpholine rings is 1. The fraction of sp³-hybridized carbons (Fsp3) is 0.800. The molecule has 0 bridgehead atoms. The van der Waals surface area contributed by atoms with Gasteiger partial charge in [0.1, 0.15) is 0 Å². The minimum absolute atomic E-state index is 0.688. The summed E-state index contributed by atoms with van der Waals surface area (Å²) in [4.78, 5) is 6.76. The van der Waals surface area contributed by atoms with E-state index in [4.69, 9.17) is 4.74 Å². The molecule has 0 saturated carbocycles. The van der Waals surface area contributed by atoms with Gasteiger partial charge in [-0.15, -0.1) is 0 Å². The summed E-state index contributed by atoms with van der Waals surface area (Å²) in [6, 6.07) is 0.